The molecule has 94 valence electrons. The van der Waals surface area contributed by atoms with Gasteiger partial charge in [0.25, 0.3) is 0 Å². The van der Waals surface area contributed by atoms with Crippen LogP contribution in [0.2, 0.25) is 0 Å². The second-order valence-electron chi connectivity index (χ2n) is 5.26. The first-order valence-electron chi connectivity index (χ1n) is 6.85. The van der Waals surface area contributed by atoms with Gasteiger partial charge in [0.1, 0.15) is 0 Å². The Morgan fingerprint density at radius 3 is 2.62 bits per heavy atom. The molecule has 1 heterocycles. The summed E-state index contributed by atoms with van der Waals surface area (Å²) in [5.74, 6) is 2.11. The second-order valence-corrected chi connectivity index (χ2v) is 6.74. The van der Waals surface area contributed by atoms with E-state index in [9.17, 15) is 0 Å². The summed E-state index contributed by atoms with van der Waals surface area (Å²) in [6, 6.07) is 1.59. The molecular weight excluding hydrogens is 216 g/mol. The van der Waals surface area contributed by atoms with Gasteiger partial charge < -0.3 is 5.73 Å². The summed E-state index contributed by atoms with van der Waals surface area (Å²) in [5.41, 5.74) is 5.92. The Morgan fingerprint density at radius 2 is 2.06 bits per heavy atom. The highest BCUT2D eigenvalue weighted by atomic mass is 32.2. The zero-order valence-electron chi connectivity index (χ0n) is 10.7. The van der Waals surface area contributed by atoms with E-state index in [1.165, 1.54) is 38.0 Å². The minimum atomic E-state index is 0.762. The maximum absolute atomic E-state index is 5.92. The van der Waals surface area contributed by atoms with Gasteiger partial charge in [-0.15, -0.1) is 0 Å². The number of hydrogen-bond donors (Lipinski definition) is 1. The quantitative estimate of drug-likeness (QED) is 0.820. The first-order valence-corrected chi connectivity index (χ1v) is 7.90. The average Bonchev–Trinajstić information content (AvgIpc) is 2.90. The molecular formula is C13H26N2S. The summed E-state index contributed by atoms with van der Waals surface area (Å²) in [6.45, 7) is 6.81. The van der Waals surface area contributed by atoms with Crippen LogP contribution in [0.1, 0.15) is 39.5 Å². The Morgan fingerprint density at radius 1 is 1.25 bits per heavy atom. The summed E-state index contributed by atoms with van der Waals surface area (Å²) in [5, 5.41) is 0.818. The maximum Gasteiger partial charge on any atom is 0.0222 e. The van der Waals surface area contributed by atoms with E-state index in [0.717, 1.165) is 29.8 Å². The van der Waals surface area contributed by atoms with Crippen LogP contribution in [0.4, 0.5) is 0 Å². The predicted octanol–water partition coefficient (Wildman–Crippen LogP) is 2.33. The van der Waals surface area contributed by atoms with Crippen LogP contribution in [0.25, 0.3) is 0 Å². The van der Waals surface area contributed by atoms with Crippen molar-refractivity contribution >= 4 is 11.8 Å². The molecule has 2 nitrogen and oxygen atoms in total. The Hall–Kier alpha value is 0.270. The standard InChI is InChI=1S/C13H26N2S/c1-3-15(12-7-8-16-10(12)2)13-6-4-5-11(13)9-14/h10-13H,3-9,14H2,1-2H3. The fraction of sp³-hybridized carbons (Fsp3) is 1.00. The Kier molecular flexibility index (Phi) is 4.57. The lowest BCUT2D eigenvalue weighted by Crippen LogP contribution is -2.48. The monoisotopic (exact) mass is 242 g/mol. The lowest BCUT2D eigenvalue weighted by Gasteiger charge is -2.38. The van der Waals surface area contributed by atoms with Gasteiger partial charge >= 0.3 is 0 Å². The molecule has 2 fully saturated rings. The molecule has 0 radical (unpaired) electrons. The molecule has 2 rings (SSSR count). The molecule has 0 spiro atoms. The van der Waals surface area contributed by atoms with E-state index in [2.05, 4.69) is 30.5 Å². The van der Waals surface area contributed by atoms with E-state index in [4.69, 9.17) is 5.73 Å². The third-order valence-electron chi connectivity index (χ3n) is 4.48. The molecule has 1 aliphatic heterocycles. The molecule has 0 aromatic heterocycles. The Bertz CT molecular complexity index is 222. The highest BCUT2D eigenvalue weighted by Gasteiger charge is 2.37. The van der Waals surface area contributed by atoms with Gasteiger partial charge in [-0.2, -0.15) is 11.8 Å². The number of thioether (sulfide) groups is 1. The number of nitrogens with zero attached hydrogens (tertiary/aromatic N) is 1. The van der Waals surface area contributed by atoms with Gasteiger partial charge in [0.15, 0.2) is 0 Å². The second kappa shape index (κ2) is 5.74. The minimum absolute atomic E-state index is 0.762. The van der Waals surface area contributed by atoms with E-state index < -0.39 is 0 Å². The van der Waals surface area contributed by atoms with Crippen LogP contribution in [0.5, 0.6) is 0 Å². The predicted molar refractivity (Wildman–Crippen MR) is 72.9 cm³/mol. The van der Waals surface area contributed by atoms with E-state index in [0.29, 0.717) is 0 Å². The molecule has 0 bridgehead atoms. The van der Waals surface area contributed by atoms with Crippen molar-refractivity contribution in [2.45, 2.75) is 56.9 Å². The van der Waals surface area contributed by atoms with Gasteiger partial charge in [0, 0.05) is 17.3 Å². The maximum atomic E-state index is 5.92. The summed E-state index contributed by atoms with van der Waals surface area (Å²) in [6.07, 6.45) is 5.50. The molecule has 4 unspecified atom stereocenters. The highest BCUT2D eigenvalue weighted by molar-refractivity contribution is 8.00. The van der Waals surface area contributed by atoms with Crippen LogP contribution in [-0.4, -0.2) is 41.1 Å². The van der Waals surface area contributed by atoms with Crippen LogP contribution in [0.15, 0.2) is 0 Å². The molecule has 1 saturated carbocycles. The molecule has 2 aliphatic rings. The summed E-state index contributed by atoms with van der Waals surface area (Å²) < 4.78 is 0. The first-order chi connectivity index (χ1) is 7.77. The smallest absolute Gasteiger partial charge is 0.0222 e. The fourth-order valence-electron chi connectivity index (χ4n) is 3.60. The van der Waals surface area contributed by atoms with Gasteiger partial charge in [-0.05, 0) is 44.0 Å². The largest absolute Gasteiger partial charge is 0.330 e. The van der Waals surface area contributed by atoms with Crippen molar-refractivity contribution in [1.29, 1.82) is 0 Å². The number of rotatable bonds is 4. The zero-order chi connectivity index (χ0) is 11.5. The highest BCUT2D eigenvalue weighted by Crippen LogP contribution is 2.36. The van der Waals surface area contributed by atoms with Crippen molar-refractivity contribution in [3.05, 3.63) is 0 Å². The normalized spacial score (nSPS) is 39.8. The summed E-state index contributed by atoms with van der Waals surface area (Å²) in [7, 11) is 0. The summed E-state index contributed by atoms with van der Waals surface area (Å²) >= 11 is 2.14. The molecule has 0 aromatic carbocycles. The SMILES string of the molecule is CCN(C1CCCC1CN)C1CCSC1C. The topological polar surface area (TPSA) is 29.3 Å². The van der Waals surface area contributed by atoms with Crippen molar-refractivity contribution in [3.8, 4) is 0 Å². The number of nitrogens with two attached hydrogens (primary N) is 1. The molecule has 1 saturated heterocycles. The molecule has 2 N–H and O–H groups in total. The van der Waals surface area contributed by atoms with Gasteiger partial charge in [0.05, 0.1) is 0 Å². The van der Waals surface area contributed by atoms with Crippen LogP contribution in [0.3, 0.4) is 0 Å². The fourth-order valence-corrected chi connectivity index (χ4v) is 4.86. The van der Waals surface area contributed by atoms with E-state index in [1.807, 2.05) is 0 Å². The lowest BCUT2D eigenvalue weighted by atomic mass is 9.98. The molecule has 0 aromatic rings. The Labute approximate surface area is 104 Å². The zero-order valence-corrected chi connectivity index (χ0v) is 11.5. The van der Waals surface area contributed by atoms with Crippen molar-refractivity contribution in [2.75, 3.05) is 18.8 Å². The van der Waals surface area contributed by atoms with Gasteiger partial charge in [-0.3, -0.25) is 4.90 Å². The van der Waals surface area contributed by atoms with Gasteiger partial charge in [0.2, 0.25) is 0 Å². The van der Waals surface area contributed by atoms with Crippen LogP contribution in [-0.2, 0) is 0 Å². The third kappa shape index (κ3) is 2.41. The van der Waals surface area contributed by atoms with Crippen molar-refractivity contribution in [2.24, 2.45) is 11.7 Å². The van der Waals surface area contributed by atoms with Crippen molar-refractivity contribution < 1.29 is 0 Å². The van der Waals surface area contributed by atoms with E-state index in [-0.39, 0.29) is 0 Å². The molecule has 4 atom stereocenters. The first kappa shape index (κ1) is 12.7. The molecule has 0 amide bonds. The van der Waals surface area contributed by atoms with Gasteiger partial charge in [-0.1, -0.05) is 20.3 Å². The van der Waals surface area contributed by atoms with Crippen LogP contribution in [0, 0.1) is 5.92 Å². The lowest BCUT2D eigenvalue weighted by molar-refractivity contribution is 0.115. The summed E-state index contributed by atoms with van der Waals surface area (Å²) in [4.78, 5) is 2.77. The van der Waals surface area contributed by atoms with Crippen molar-refractivity contribution in [1.82, 2.24) is 4.90 Å². The number of hydrogen-bond acceptors (Lipinski definition) is 3. The van der Waals surface area contributed by atoms with E-state index >= 15 is 0 Å². The average molecular weight is 242 g/mol. The Balaban J connectivity index is 2.03. The van der Waals surface area contributed by atoms with Crippen molar-refractivity contribution in [3.63, 3.8) is 0 Å². The van der Waals surface area contributed by atoms with E-state index in [1.54, 1.807) is 0 Å². The third-order valence-corrected chi connectivity index (χ3v) is 5.79. The van der Waals surface area contributed by atoms with Gasteiger partial charge in [-0.25, -0.2) is 0 Å². The minimum Gasteiger partial charge on any atom is -0.330 e. The molecule has 3 heteroatoms. The molecule has 16 heavy (non-hydrogen) atoms. The molecule has 1 aliphatic carbocycles. The van der Waals surface area contributed by atoms with Crippen LogP contribution < -0.4 is 5.73 Å². The van der Waals surface area contributed by atoms with Crippen LogP contribution >= 0.6 is 11.8 Å².